The van der Waals surface area contributed by atoms with Gasteiger partial charge in [0.2, 0.25) is 0 Å². The van der Waals surface area contributed by atoms with Crippen molar-refractivity contribution in [2.24, 2.45) is 11.7 Å². The Labute approximate surface area is 95.3 Å². The Balaban J connectivity index is 2.45. The minimum atomic E-state index is -0.0259. The van der Waals surface area contributed by atoms with E-state index in [4.69, 9.17) is 5.73 Å². The summed E-state index contributed by atoms with van der Waals surface area (Å²) in [4.78, 5) is 3.14. The molecule has 1 atom stereocenters. The van der Waals surface area contributed by atoms with E-state index in [-0.39, 0.29) is 6.04 Å². The average molecular weight is 218 g/mol. The standard InChI is InChI=1S/C13H18N2O/c1-8(2)6-10(14)9-7-15-11-4-3-5-12(16)13(9)11/h3-5,7-8,10,15-16H,6,14H2,1-2H3. The molecule has 4 N–H and O–H groups in total. The van der Waals surface area contributed by atoms with Gasteiger partial charge in [0.05, 0.1) is 0 Å². The molecule has 1 aromatic carbocycles. The first-order valence-electron chi connectivity index (χ1n) is 5.64. The summed E-state index contributed by atoms with van der Waals surface area (Å²) in [5, 5.41) is 10.7. The van der Waals surface area contributed by atoms with Gasteiger partial charge in [-0.05, 0) is 30.0 Å². The topological polar surface area (TPSA) is 62.0 Å². The summed E-state index contributed by atoms with van der Waals surface area (Å²) < 4.78 is 0. The molecule has 0 fully saturated rings. The molecule has 0 aliphatic heterocycles. The number of nitrogens with two attached hydrogens (primary N) is 1. The van der Waals surface area contributed by atoms with Crippen LogP contribution in [0.3, 0.4) is 0 Å². The predicted octanol–water partition coefficient (Wildman–Crippen LogP) is 2.92. The molecule has 0 amide bonds. The van der Waals surface area contributed by atoms with Crippen LogP contribution < -0.4 is 5.73 Å². The van der Waals surface area contributed by atoms with E-state index in [1.54, 1.807) is 6.07 Å². The number of aromatic nitrogens is 1. The molecule has 0 aliphatic rings. The number of hydrogen-bond acceptors (Lipinski definition) is 2. The highest BCUT2D eigenvalue weighted by Crippen LogP contribution is 2.32. The fraction of sp³-hybridized carbons (Fsp3) is 0.385. The minimum Gasteiger partial charge on any atom is -0.507 e. The summed E-state index contributed by atoms with van der Waals surface area (Å²) in [5.74, 6) is 0.846. The van der Waals surface area contributed by atoms with Crippen molar-refractivity contribution < 1.29 is 5.11 Å². The molecule has 3 heteroatoms. The maximum atomic E-state index is 9.85. The monoisotopic (exact) mass is 218 g/mol. The highest BCUT2D eigenvalue weighted by Gasteiger charge is 2.15. The van der Waals surface area contributed by atoms with E-state index in [0.29, 0.717) is 11.7 Å². The van der Waals surface area contributed by atoms with Crippen LogP contribution in [0.5, 0.6) is 5.75 Å². The summed E-state index contributed by atoms with van der Waals surface area (Å²) in [5.41, 5.74) is 8.08. The minimum absolute atomic E-state index is 0.0259. The molecule has 86 valence electrons. The van der Waals surface area contributed by atoms with Crippen LogP contribution in [-0.4, -0.2) is 10.1 Å². The second-order valence-corrected chi connectivity index (χ2v) is 4.68. The van der Waals surface area contributed by atoms with Crippen LogP contribution in [-0.2, 0) is 0 Å². The summed E-state index contributed by atoms with van der Waals surface area (Å²) >= 11 is 0. The molecule has 0 aliphatic carbocycles. The zero-order valence-electron chi connectivity index (χ0n) is 9.70. The molecule has 0 saturated heterocycles. The number of rotatable bonds is 3. The van der Waals surface area contributed by atoms with Gasteiger partial charge in [0.15, 0.2) is 0 Å². The number of nitrogens with one attached hydrogen (secondary N) is 1. The van der Waals surface area contributed by atoms with Gasteiger partial charge in [-0.3, -0.25) is 0 Å². The Morgan fingerprint density at radius 2 is 2.12 bits per heavy atom. The van der Waals surface area contributed by atoms with Crippen LogP contribution in [0.2, 0.25) is 0 Å². The lowest BCUT2D eigenvalue weighted by Gasteiger charge is -2.13. The van der Waals surface area contributed by atoms with E-state index < -0.39 is 0 Å². The Hall–Kier alpha value is -1.48. The third-order valence-corrected chi connectivity index (χ3v) is 2.84. The van der Waals surface area contributed by atoms with Gasteiger partial charge in [-0.2, -0.15) is 0 Å². The molecular formula is C13H18N2O. The molecule has 16 heavy (non-hydrogen) atoms. The largest absolute Gasteiger partial charge is 0.507 e. The second-order valence-electron chi connectivity index (χ2n) is 4.68. The quantitative estimate of drug-likeness (QED) is 0.741. The third-order valence-electron chi connectivity index (χ3n) is 2.84. The van der Waals surface area contributed by atoms with E-state index in [1.165, 1.54) is 0 Å². The Bertz CT molecular complexity index is 488. The zero-order chi connectivity index (χ0) is 11.7. The lowest BCUT2D eigenvalue weighted by Crippen LogP contribution is -2.12. The van der Waals surface area contributed by atoms with Crippen molar-refractivity contribution in [3.63, 3.8) is 0 Å². The lowest BCUT2D eigenvalue weighted by molar-refractivity contribution is 0.478. The first kappa shape index (κ1) is 11.0. The normalized spacial score (nSPS) is 13.5. The van der Waals surface area contributed by atoms with Crippen molar-refractivity contribution in [1.29, 1.82) is 0 Å². The number of phenolic OH excluding ortho intramolecular Hbond substituents is 1. The molecular weight excluding hydrogens is 200 g/mol. The molecule has 1 aromatic heterocycles. The second kappa shape index (κ2) is 4.18. The van der Waals surface area contributed by atoms with Gasteiger partial charge in [-0.25, -0.2) is 0 Å². The highest BCUT2D eigenvalue weighted by molar-refractivity contribution is 5.89. The summed E-state index contributed by atoms with van der Waals surface area (Å²) in [6, 6.07) is 5.44. The number of aromatic amines is 1. The molecule has 2 aromatic rings. The lowest BCUT2D eigenvalue weighted by atomic mass is 9.97. The number of hydrogen-bond donors (Lipinski definition) is 3. The van der Waals surface area contributed by atoms with Crippen molar-refractivity contribution in [1.82, 2.24) is 4.98 Å². The highest BCUT2D eigenvalue weighted by atomic mass is 16.3. The van der Waals surface area contributed by atoms with Crippen LogP contribution in [0.25, 0.3) is 10.9 Å². The van der Waals surface area contributed by atoms with Gasteiger partial charge < -0.3 is 15.8 Å². The first-order valence-corrected chi connectivity index (χ1v) is 5.64. The molecule has 0 radical (unpaired) electrons. The fourth-order valence-electron chi connectivity index (χ4n) is 2.12. The van der Waals surface area contributed by atoms with Crippen molar-refractivity contribution >= 4 is 10.9 Å². The van der Waals surface area contributed by atoms with Crippen molar-refractivity contribution in [2.75, 3.05) is 0 Å². The van der Waals surface area contributed by atoms with E-state index in [0.717, 1.165) is 22.9 Å². The summed E-state index contributed by atoms with van der Waals surface area (Å²) in [6.45, 7) is 4.29. The van der Waals surface area contributed by atoms with Gasteiger partial charge >= 0.3 is 0 Å². The van der Waals surface area contributed by atoms with E-state index in [9.17, 15) is 5.11 Å². The molecule has 1 heterocycles. The number of phenols is 1. The Morgan fingerprint density at radius 3 is 2.81 bits per heavy atom. The first-order chi connectivity index (χ1) is 7.59. The van der Waals surface area contributed by atoms with Crippen molar-refractivity contribution in [2.45, 2.75) is 26.3 Å². The van der Waals surface area contributed by atoms with Crippen LogP contribution in [0.1, 0.15) is 31.9 Å². The molecule has 0 saturated carbocycles. The smallest absolute Gasteiger partial charge is 0.125 e. The van der Waals surface area contributed by atoms with Gasteiger partial charge in [0.25, 0.3) is 0 Å². The Kier molecular flexibility index (Phi) is 2.88. The number of benzene rings is 1. The molecule has 2 rings (SSSR count). The molecule has 3 nitrogen and oxygen atoms in total. The zero-order valence-corrected chi connectivity index (χ0v) is 9.70. The van der Waals surface area contributed by atoms with Crippen molar-refractivity contribution in [3.05, 3.63) is 30.0 Å². The van der Waals surface area contributed by atoms with Gasteiger partial charge in [0.1, 0.15) is 5.75 Å². The Morgan fingerprint density at radius 1 is 1.38 bits per heavy atom. The summed E-state index contributed by atoms with van der Waals surface area (Å²) in [6.07, 6.45) is 2.82. The van der Waals surface area contributed by atoms with Gasteiger partial charge in [-0.15, -0.1) is 0 Å². The SMILES string of the molecule is CC(C)CC(N)c1c[nH]c2cccc(O)c12. The fourth-order valence-corrected chi connectivity index (χ4v) is 2.12. The molecule has 1 unspecified atom stereocenters. The van der Waals surface area contributed by atoms with Crippen LogP contribution in [0, 0.1) is 5.92 Å². The maximum Gasteiger partial charge on any atom is 0.125 e. The molecule has 0 bridgehead atoms. The molecule has 0 spiro atoms. The van der Waals surface area contributed by atoms with Crippen LogP contribution in [0.15, 0.2) is 24.4 Å². The summed E-state index contributed by atoms with van der Waals surface area (Å²) in [7, 11) is 0. The average Bonchev–Trinajstić information content (AvgIpc) is 2.61. The van der Waals surface area contributed by atoms with Gasteiger partial charge in [0, 0.05) is 23.1 Å². The number of fused-ring (bicyclic) bond motifs is 1. The predicted molar refractivity (Wildman–Crippen MR) is 66.3 cm³/mol. The van der Waals surface area contributed by atoms with Gasteiger partial charge in [-0.1, -0.05) is 19.9 Å². The number of aromatic hydroxyl groups is 1. The van der Waals surface area contributed by atoms with Crippen LogP contribution >= 0.6 is 0 Å². The number of H-pyrrole nitrogens is 1. The van der Waals surface area contributed by atoms with E-state index >= 15 is 0 Å². The van der Waals surface area contributed by atoms with E-state index in [2.05, 4.69) is 18.8 Å². The van der Waals surface area contributed by atoms with E-state index in [1.807, 2.05) is 18.3 Å². The van der Waals surface area contributed by atoms with Crippen LogP contribution in [0.4, 0.5) is 0 Å². The van der Waals surface area contributed by atoms with Crippen molar-refractivity contribution in [3.8, 4) is 5.75 Å². The third kappa shape index (κ3) is 1.91. The maximum absolute atomic E-state index is 9.85.